The number of nitrogen functional groups attached to an aromatic ring is 1. The molecule has 4 N–H and O–H groups in total. The van der Waals surface area contributed by atoms with Crippen molar-refractivity contribution in [3.8, 4) is 0 Å². The Hall–Kier alpha value is -1.76. The number of anilines is 2. The molecule has 0 aliphatic heterocycles. The molecule has 0 saturated carbocycles. The van der Waals surface area contributed by atoms with E-state index in [9.17, 15) is 13.2 Å². The van der Waals surface area contributed by atoms with Gasteiger partial charge in [-0.2, -0.15) is 0 Å². The summed E-state index contributed by atoms with van der Waals surface area (Å²) in [6.07, 6.45) is 0. The van der Waals surface area contributed by atoms with E-state index in [0.29, 0.717) is 11.3 Å². The number of carbonyl (C=O) groups is 1. The molecule has 0 aromatic heterocycles. The molecule has 7 heteroatoms. The highest BCUT2D eigenvalue weighted by Crippen LogP contribution is 2.22. The zero-order chi connectivity index (χ0) is 14.6. The third-order valence-corrected chi connectivity index (χ3v) is 4.51. The Morgan fingerprint density at radius 3 is 2.58 bits per heavy atom. The molecule has 1 aromatic carbocycles. The molecule has 1 rings (SSSR count). The Morgan fingerprint density at radius 1 is 1.42 bits per heavy atom. The third-order valence-electron chi connectivity index (χ3n) is 2.80. The number of carboxylic acid groups (broad SMARTS) is 1. The summed E-state index contributed by atoms with van der Waals surface area (Å²) < 4.78 is 22.7. The van der Waals surface area contributed by atoms with Crippen LogP contribution >= 0.6 is 0 Å². The van der Waals surface area contributed by atoms with Gasteiger partial charge in [0.15, 0.2) is 9.84 Å². The van der Waals surface area contributed by atoms with Crippen molar-refractivity contribution in [2.24, 2.45) is 0 Å². The summed E-state index contributed by atoms with van der Waals surface area (Å²) >= 11 is 0. The molecule has 0 unspecified atom stereocenters. The third kappa shape index (κ3) is 4.13. The first kappa shape index (κ1) is 15.3. The molecule has 0 aliphatic rings. The smallest absolute Gasteiger partial charge is 0.337 e. The first-order valence-electron chi connectivity index (χ1n) is 5.84. The molecule has 19 heavy (non-hydrogen) atoms. The molecule has 0 bridgehead atoms. The monoisotopic (exact) mass is 286 g/mol. The zero-order valence-corrected chi connectivity index (χ0v) is 11.8. The lowest BCUT2D eigenvalue weighted by Gasteiger charge is -2.11. The molecule has 6 nitrogen and oxygen atoms in total. The molecule has 0 amide bonds. The number of aryl methyl sites for hydroxylation is 1. The topological polar surface area (TPSA) is 109 Å². The quantitative estimate of drug-likeness (QED) is 0.676. The van der Waals surface area contributed by atoms with E-state index < -0.39 is 15.8 Å². The van der Waals surface area contributed by atoms with Gasteiger partial charge >= 0.3 is 5.97 Å². The highest BCUT2D eigenvalue weighted by atomic mass is 32.2. The lowest BCUT2D eigenvalue weighted by Crippen LogP contribution is -2.17. The van der Waals surface area contributed by atoms with Gasteiger partial charge in [0.2, 0.25) is 0 Å². The minimum Gasteiger partial charge on any atom is -0.478 e. The fourth-order valence-electron chi connectivity index (χ4n) is 1.57. The molecular formula is C12H18N2O4S. The van der Waals surface area contributed by atoms with Crippen LogP contribution in [-0.2, 0) is 9.84 Å². The van der Waals surface area contributed by atoms with Gasteiger partial charge in [-0.05, 0) is 24.6 Å². The van der Waals surface area contributed by atoms with Crippen molar-refractivity contribution < 1.29 is 18.3 Å². The largest absolute Gasteiger partial charge is 0.478 e. The average molecular weight is 286 g/mol. The molecule has 0 spiro atoms. The standard InChI is InChI=1S/C12H18N2O4S/c1-3-19(17,18)5-4-14-9-6-8(2)11(13)10(7-9)12(15)16/h6-7,14H,3-5,13H2,1-2H3,(H,15,16). The Balaban J connectivity index is 2.83. The maximum atomic E-state index is 11.3. The average Bonchev–Trinajstić information content (AvgIpc) is 2.33. The minimum atomic E-state index is -3.04. The fraction of sp³-hybridized carbons (Fsp3) is 0.417. The molecule has 0 radical (unpaired) electrons. The van der Waals surface area contributed by atoms with Crippen LogP contribution in [0.5, 0.6) is 0 Å². The second kappa shape index (κ2) is 5.92. The van der Waals surface area contributed by atoms with Gasteiger partial charge in [-0.3, -0.25) is 0 Å². The van der Waals surface area contributed by atoms with E-state index >= 15 is 0 Å². The number of benzene rings is 1. The van der Waals surface area contributed by atoms with Crippen LogP contribution in [0.4, 0.5) is 11.4 Å². The van der Waals surface area contributed by atoms with E-state index in [0.717, 1.165) is 0 Å². The number of sulfone groups is 1. The summed E-state index contributed by atoms with van der Waals surface area (Å²) in [5.41, 5.74) is 7.09. The number of carboxylic acids is 1. The minimum absolute atomic E-state index is 0.00925. The summed E-state index contributed by atoms with van der Waals surface area (Å²) in [4.78, 5) is 11.0. The lowest BCUT2D eigenvalue weighted by atomic mass is 10.1. The number of hydrogen-bond donors (Lipinski definition) is 3. The second-order valence-electron chi connectivity index (χ2n) is 4.22. The number of nitrogens with one attached hydrogen (secondary N) is 1. The van der Waals surface area contributed by atoms with Crippen molar-refractivity contribution in [1.82, 2.24) is 0 Å². The second-order valence-corrected chi connectivity index (χ2v) is 6.70. The molecule has 106 valence electrons. The number of rotatable bonds is 6. The van der Waals surface area contributed by atoms with Crippen molar-refractivity contribution in [3.63, 3.8) is 0 Å². The van der Waals surface area contributed by atoms with Crippen LogP contribution < -0.4 is 11.1 Å². The van der Waals surface area contributed by atoms with Crippen LogP contribution in [0.1, 0.15) is 22.8 Å². The van der Waals surface area contributed by atoms with Crippen LogP contribution in [0, 0.1) is 6.92 Å². The van der Waals surface area contributed by atoms with Crippen LogP contribution in [0.3, 0.4) is 0 Å². The van der Waals surface area contributed by atoms with Crippen molar-refractivity contribution in [1.29, 1.82) is 0 Å². The first-order valence-corrected chi connectivity index (χ1v) is 7.66. The fourth-order valence-corrected chi connectivity index (χ4v) is 2.27. The molecule has 1 aromatic rings. The van der Waals surface area contributed by atoms with E-state index in [2.05, 4.69) is 5.32 Å². The maximum absolute atomic E-state index is 11.3. The number of hydrogen-bond acceptors (Lipinski definition) is 5. The van der Waals surface area contributed by atoms with Gasteiger partial charge in [0.25, 0.3) is 0 Å². The van der Waals surface area contributed by atoms with Gasteiger partial charge in [-0.25, -0.2) is 13.2 Å². The van der Waals surface area contributed by atoms with E-state index in [-0.39, 0.29) is 29.3 Å². The van der Waals surface area contributed by atoms with Crippen LogP contribution in [0.2, 0.25) is 0 Å². The SMILES string of the molecule is CCS(=O)(=O)CCNc1cc(C)c(N)c(C(=O)O)c1. The summed E-state index contributed by atoms with van der Waals surface area (Å²) in [5.74, 6) is -1.00. The van der Waals surface area contributed by atoms with Crippen molar-refractivity contribution in [3.05, 3.63) is 23.3 Å². The highest BCUT2D eigenvalue weighted by molar-refractivity contribution is 7.91. The van der Waals surface area contributed by atoms with Crippen LogP contribution in [0.25, 0.3) is 0 Å². The summed E-state index contributed by atoms with van der Waals surface area (Å²) in [7, 11) is -3.04. The van der Waals surface area contributed by atoms with Crippen molar-refractivity contribution in [2.45, 2.75) is 13.8 Å². The number of nitrogens with two attached hydrogens (primary N) is 1. The van der Waals surface area contributed by atoms with Crippen molar-refractivity contribution >= 4 is 27.2 Å². The molecule has 0 aliphatic carbocycles. The summed E-state index contributed by atoms with van der Waals surface area (Å²) in [6.45, 7) is 3.53. The maximum Gasteiger partial charge on any atom is 0.337 e. The predicted molar refractivity (Wildman–Crippen MR) is 75.4 cm³/mol. The lowest BCUT2D eigenvalue weighted by molar-refractivity contribution is 0.0698. The van der Waals surface area contributed by atoms with Gasteiger partial charge < -0.3 is 16.2 Å². The Kier molecular flexibility index (Phi) is 4.77. The molecule has 0 atom stereocenters. The highest BCUT2D eigenvalue weighted by Gasteiger charge is 2.12. The van der Waals surface area contributed by atoms with Crippen molar-refractivity contribution in [2.75, 3.05) is 29.1 Å². The Bertz CT molecular complexity index is 582. The molecule has 0 saturated heterocycles. The van der Waals surface area contributed by atoms with E-state index in [1.807, 2.05) is 0 Å². The zero-order valence-electron chi connectivity index (χ0n) is 10.9. The van der Waals surface area contributed by atoms with E-state index in [1.54, 1.807) is 19.9 Å². The molecule has 0 heterocycles. The van der Waals surface area contributed by atoms with Gasteiger partial charge in [-0.15, -0.1) is 0 Å². The Labute approximate surface area is 112 Å². The normalized spacial score (nSPS) is 11.3. The summed E-state index contributed by atoms with van der Waals surface area (Å²) in [6, 6.07) is 3.10. The van der Waals surface area contributed by atoms with Crippen LogP contribution in [-0.4, -0.2) is 37.5 Å². The van der Waals surface area contributed by atoms with E-state index in [1.165, 1.54) is 6.07 Å². The summed E-state index contributed by atoms with van der Waals surface area (Å²) in [5, 5.41) is 11.9. The number of aromatic carboxylic acids is 1. The van der Waals surface area contributed by atoms with Gasteiger partial charge in [0.1, 0.15) is 0 Å². The Morgan fingerprint density at radius 2 is 2.05 bits per heavy atom. The first-order chi connectivity index (χ1) is 8.76. The van der Waals surface area contributed by atoms with Gasteiger partial charge in [-0.1, -0.05) is 6.92 Å². The van der Waals surface area contributed by atoms with Gasteiger partial charge in [0.05, 0.1) is 11.3 Å². The molecule has 0 fully saturated rings. The van der Waals surface area contributed by atoms with E-state index in [4.69, 9.17) is 10.8 Å². The van der Waals surface area contributed by atoms with Crippen LogP contribution in [0.15, 0.2) is 12.1 Å². The predicted octanol–water partition coefficient (Wildman–Crippen LogP) is 1.12. The molecular weight excluding hydrogens is 268 g/mol. The van der Waals surface area contributed by atoms with Gasteiger partial charge in [0, 0.05) is 23.7 Å².